The van der Waals surface area contributed by atoms with Gasteiger partial charge in [0.25, 0.3) is 0 Å². The van der Waals surface area contributed by atoms with E-state index in [0.29, 0.717) is 12.3 Å². The minimum Gasteiger partial charge on any atom is -0.474 e. The third-order valence-corrected chi connectivity index (χ3v) is 5.50. The maximum absolute atomic E-state index is 11.3. The minimum atomic E-state index is -4.36. The molecule has 2 N–H and O–H groups in total. The number of hydrogen-bond donors (Lipinski definition) is 2. The second-order valence-electron chi connectivity index (χ2n) is 6.35. The number of hydrogen-bond acceptors (Lipinski definition) is 6. The smallest absolute Gasteiger partial charge is 0.335 e. The Morgan fingerprint density at radius 3 is 2.65 bits per heavy atom. The van der Waals surface area contributed by atoms with Crippen molar-refractivity contribution in [3.05, 3.63) is 54.0 Å². The van der Waals surface area contributed by atoms with Crippen LogP contribution in [0.2, 0.25) is 0 Å². The van der Waals surface area contributed by atoms with Gasteiger partial charge in [0.05, 0.1) is 17.8 Å². The van der Waals surface area contributed by atoms with Crippen LogP contribution in [0.3, 0.4) is 0 Å². The van der Waals surface area contributed by atoms with E-state index in [9.17, 15) is 13.5 Å². The topological polar surface area (TPSA) is 113 Å². The molecule has 1 heterocycles. The first-order chi connectivity index (χ1) is 12.3. The van der Waals surface area contributed by atoms with Gasteiger partial charge in [-0.3, -0.25) is 4.55 Å². The fourth-order valence-electron chi connectivity index (χ4n) is 3.12. The maximum Gasteiger partial charge on any atom is 0.335 e. The molecule has 26 heavy (non-hydrogen) atoms. The van der Waals surface area contributed by atoms with E-state index in [2.05, 4.69) is 9.97 Å². The molecule has 1 aliphatic rings. The van der Waals surface area contributed by atoms with Gasteiger partial charge in [-0.05, 0) is 5.56 Å². The van der Waals surface area contributed by atoms with Crippen molar-refractivity contribution in [3.8, 4) is 5.88 Å². The Morgan fingerprint density at radius 2 is 1.96 bits per heavy atom. The molecule has 9 heteroatoms. The highest BCUT2D eigenvalue weighted by molar-refractivity contribution is 7.83. The number of aliphatic hydroxyl groups excluding tert-OH is 1. The molecule has 0 unspecified atom stereocenters. The molecule has 1 aromatic carbocycles. The molecule has 0 amide bonds. The van der Waals surface area contributed by atoms with E-state index in [1.807, 2.05) is 30.3 Å². The van der Waals surface area contributed by atoms with Gasteiger partial charge in [0, 0.05) is 32.4 Å². The summed E-state index contributed by atoms with van der Waals surface area (Å²) in [5.74, 6) is 0.373. The zero-order chi connectivity index (χ0) is 18.7. The van der Waals surface area contributed by atoms with Gasteiger partial charge in [0.2, 0.25) is 5.88 Å². The number of benzene rings is 1. The normalized spacial score (nSPS) is 23.3. The maximum atomic E-state index is 11.3. The monoisotopic (exact) mass is 379 g/mol. The lowest BCUT2D eigenvalue weighted by atomic mass is 10.1. The van der Waals surface area contributed by atoms with Crippen LogP contribution in [0.5, 0.6) is 5.88 Å². The average molecular weight is 379 g/mol. The van der Waals surface area contributed by atoms with Gasteiger partial charge in [0.15, 0.2) is 0 Å². The van der Waals surface area contributed by atoms with E-state index in [1.54, 1.807) is 6.07 Å². The number of rotatable bonds is 6. The Balaban J connectivity index is 1.65. The fraction of sp³-hybridized carbons (Fsp3) is 0.412. The van der Waals surface area contributed by atoms with Crippen molar-refractivity contribution in [2.45, 2.75) is 37.5 Å². The molecule has 1 aromatic heterocycles. The standard InChI is InChI=1S/C17H21N3O5S/c1-20(26(22,23)24)15-9-14(10-16(15)21)25-17-8-13(18-11-19-17)7-12-5-3-2-4-6-12/h2-6,8,11,14-16,21H,7,9-10H2,1H3,(H,22,23,24)/t14-,15+,16+/m1/s1. The van der Waals surface area contributed by atoms with Gasteiger partial charge in [-0.1, -0.05) is 30.3 Å². The Bertz CT molecular complexity index is 846. The predicted octanol–water partition coefficient (Wildman–Crippen LogP) is 1.07. The summed E-state index contributed by atoms with van der Waals surface area (Å²) in [7, 11) is -3.13. The van der Waals surface area contributed by atoms with Gasteiger partial charge >= 0.3 is 10.3 Å². The summed E-state index contributed by atoms with van der Waals surface area (Å²) in [6.45, 7) is 0. The van der Waals surface area contributed by atoms with Crippen molar-refractivity contribution in [2.75, 3.05) is 7.05 Å². The minimum absolute atomic E-state index is 0.253. The highest BCUT2D eigenvalue weighted by Crippen LogP contribution is 2.28. The third-order valence-electron chi connectivity index (χ3n) is 4.50. The molecule has 8 nitrogen and oxygen atoms in total. The van der Waals surface area contributed by atoms with Crippen LogP contribution in [0.4, 0.5) is 0 Å². The fourth-order valence-corrected chi connectivity index (χ4v) is 3.69. The van der Waals surface area contributed by atoms with Crippen LogP contribution < -0.4 is 4.74 Å². The lowest BCUT2D eigenvalue weighted by Crippen LogP contribution is -2.41. The molecular weight excluding hydrogens is 358 g/mol. The van der Waals surface area contributed by atoms with E-state index < -0.39 is 28.6 Å². The van der Waals surface area contributed by atoms with Gasteiger partial charge in [-0.15, -0.1) is 0 Å². The van der Waals surface area contributed by atoms with Crippen LogP contribution in [0.15, 0.2) is 42.7 Å². The quantitative estimate of drug-likeness (QED) is 0.722. The molecule has 140 valence electrons. The number of aliphatic hydroxyl groups is 1. The molecule has 1 fully saturated rings. The summed E-state index contributed by atoms with van der Waals surface area (Å²) in [4.78, 5) is 8.33. The van der Waals surface area contributed by atoms with Gasteiger partial charge in [-0.2, -0.15) is 12.7 Å². The second-order valence-corrected chi connectivity index (χ2v) is 7.82. The summed E-state index contributed by atoms with van der Waals surface area (Å²) in [5.41, 5.74) is 1.91. The lowest BCUT2D eigenvalue weighted by molar-refractivity contribution is 0.113. The highest BCUT2D eigenvalue weighted by Gasteiger charge is 2.40. The van der Waals surface area contributed by atoms with Crippen molar-refractivity contribution in [1.29, 1.82) is 0 Å². The summed E-state index contributed by atoms with van der Waals surface area (Å²) in [5, 5.41) is 10.1. The molecule has 1 aliphatic carbocycles. The van der Waals surface area contributed by atoms with E-state index in [4.69, 9.17) is 9.29 Å². The van der Waals surface area contributed by atoms with E-state index in [-0.39, 0.29) is 12.8 Å². The van der Waals surface area contributed by atoms with Crippen LogP contribution in [-0.4, -0.2) is 57.6 Å². The molecule has 1 saturated carbocycles. The number of ether oxygens (including phenoxy) is 1. The molecular formula is C17H21N3O5S. The molecule has 2 aromatic rings. The zero-order valence-corrected chi connectivity index (χ0v) is 15.1. The first kappa shape index (κ1) is 18.7. The van der Waals surface area contributed by atoms with Crippen LogP contribution >= 0.6 is 0 Å². The number of likely N-dealkylation sites (N-methyl/N-ethyl adjacent to an activating group) is 1. The summed E-state index contributed by atoms with van der Waals surface area (Å²) >= 11 is 0. The Kier molecular flexibility index (Phi) is 5.52. The van der Waals surface area contributed by atoms with Crippen molar-refractivity contribution in [1.82, 2.24) is 14.3 Å². The molecule has 3 rings (SSSR count). The first-order valence-electron chi connectivity index (χ1n) is 8.23. The Morgan fingerprint density at radius 1 is 1.23 bits per heavy atom. The molecule has 3 atom stereocenters. The third kappa shape index (κ3) is 4.55. The number of aromatic nitrogens is 2. The molecule has 0 radical (unpaired) electrons. The van der Waals surface area contributed by atoms with Crippen molar-refractivity contribution < 1.29 is 22.8 Å². The van der Waals surface area contributed by atoms with Crippen LogP contribution in [-0.2, 0) is 16.7 Å². The van der Waals surface area contributed by atoms with E-state index in [1.165, 1.54) is 13.4 Å². The van der Waals surface area contributed by atoms with Crippen molar-refractivity contribution in [3.63, 3.8) is 0 Å². The summed E-state index contributed by atoms with van der Waals surface area (Å²) < 4.78 is 38.2. The van der Waals surface area contributed by atoms with E-state index in [0.717, 1.165) is 15.6 Å². The SMILES string of the molecule is CN([C@H]1C[C@@H](Oc2cc(Cc3ccccc3)ncn2)C[C@@H]1O)S(=O)(=O)O. The summed E-state index contributed by atoms with van der Waals surface area (Å²) in [6, 6.07) is 10.9. The molecule has 0 saturated heterocycles. The average Bonchev–Trinajstić information content (AvgIpc) is 2.94. The van der Waals surface area contributed by atoms with Crippen LogP contribution in [0.25, 0.3) is 0 Å². The molecule has 0 bridgehead atoms. The largest absolute Gasteiger partial charge is 0.474 e. The molecule has 0 spiro atoms. The highest BCUT2D eigenvalue weighted by atomic mass is 32.2. The van der Waals surface area contributed by atoms with Crippen LogP contribution in [0.1, 0.15) is 24.1 Å². The number of nitrogens with zero attached hydrogens (tertiary/aromatic N) is 3. The Hall–Kier alpha value is -2.07. The summed E-state index contributed by atoms with van der Waals surface area (Å²) in [6.07, 6.45) is 1.25. The van der Waals surface area contributed by atoms with Crippen LogP contribution in [0, 0.1) is 0 Å². The van der Waals surface area contributed by atoms with Crippen molar-refractivity contribution >= 4 is 10.3 Å². The van der Waals surface area contributed by atoms with Gasteiger partial charge in [0.1, 0.15) is 12.4 Å². The second kappa shape index (κ2) is 7.67. The van der Waals surface area contributed by atoms with Crippen molar-refractivity contribution in [2.24, 2.45) is 0 Å². The zero-order valence-electron chi connectivity index (χ0n) is 14.3. The van der Waals surface area contributed by atoms with Gasteiger partial charge in [-0.25, -0.2) is 9.97 Å². The van der Waals surface area contributed by atoms with E-state index >= 15 is 0 Å². The first-order valence-corrected chi connectivity index (χ1v) is 9.62. The van der Waals surface area contributed by atoms with Gasteiger partial charge < -0.3 is 9.84 Å². The Labute approximate surface area is 152 Å². The molecule has 0 aliphatic heterocycles. The predicted molar refractivity (Wildman–Crippen MR) is 94.0 cm³/mol. The lowest BCUT2D eigenvalue weighted by Gasteiger charge is -2.22.